The molecule has 11 unspecified atom stereocenters. The quantitative estimate of drug-likeness (QED) is 0.0622. The maximum absolute atomic E-state index is 16.3. The summed E-state index contributed by atoms with van der Waals surface area (Å²) in [5, 5.41) is 28.8. The number of ether oxygens (including phenoxy) is 5. The predicted molar refractivity (Wildman–Crippen MR) is 254 cm³/mol. The number of aliphatic hydroxyl groups is 2. The van der Waals surface area contributed by atoms with Crippen molar-refractivity contribution in [1.82, 2.24) is 5.32 Å². The smallest absolute Gasteiger partial charge is 0.338 e. The number of ketones is 1. The highest BCUT2D eigenvalue weighted by Gasteiger charge is 2.79. The first-order chi connectivity index (χ1) is 32.6. The topological polar surface area (TPSA) is 210 Å². The van der Waals surface area contributed by atoms with Gasteiger partial charge in [0, 0.05) is 37.7 Å². The van der Waals surface area contributed by atoms with Gasteiger partial charge in [0.15, 0.2) is 31.9 Å². The van der Waals surface area contributed by atoms with Crippen LogP contribution in [0, 0.1) is 16.7 Å². The molecule has 1 aliphatic heterocycles. The van der Waals surface area contributed by atoms with Crippen molar-refractivity contribution in [1.29, 1.82) is 0 Å². The molecule has 1 saturated heterocycles. The van der Waals surface area contributed by atoms with Crippen molar-refractivity contribution in [3.8, 4) is 0 Å². The molecule has 69 heavy (non-hydrogen) atoms. The number of esters is 4. The van der Waals surface area contributed by atoms with Gasteiger partial charge >= 0.3 is 23.9 Å². The highest BCUT2D eigenvalue weighted by molar-refractivity contribution is 6.73. The second-order valence-electron chi connectivity index (χ2n) is 19.7. The number of hydrogen-bond donors (Lipinski definition) is 3. The van der Waals surface area contributed by atoms with E-state index in [1.54, 1.807) is 107 Å². The van der Waals surface area contributed by atoms with Crippen LogP contribution in [0.25, 0.3) is 0 Å². The lowest BCUT2D eigenvalue weighted by Gasteiger charge is -2.68. The van der Waals surface area contributed by atoms with Crippen LogP contribution in [0.2, 0.25) is 18.1 Å². The molecule has 3 aromatic carbocycles. The zero-order chi connectivity index (χ0) is 50.3. The third kappa shape index (κ3) is 8.98. The molecule has 370 valence electrons. The molecular formula is C53H65NO14Si. The average molecular weight is 968 g/mol. The monoisotopic (exact) mass is 967 g/mol. The summed E-state index contributed by atoms with van der Waals surface area (Å²) in [7, 11) is -2.64. The minimum atomic E-state index is -2.64. The molecule has 4 aliphatic rings. The molecule has 2 bridgehead atoms. The number of Topliss-reactive ketones (excluding diaryl/α,β-unsaturated/α-hetero) is 1. The first-order valence-corrected chi connectivity index (χ1v) is 26.4. The molecule has 1 amide bonds. The van der Waals surface area contributed by atoms with Gasteiger partial charge in [-0.3, -0.25) is 19.2 Å². The highest BCUT2D eigenvalue weighted by Crippen LogP contribution is 2.65. The van der Waals surface area contributed by atoms with E-state index in [0.717, 1.165) is 6.92 Å². The summed E-state index contributed by atoms with van der Waals surface area (Å²) in [5.74, 6) is -6.29. The first-order valence-electron chi connectivity index (χ1n) is 23.8. The Morgan fingerprint density at radius 2 is 1.38 bits per heavy atom. The molecule has 7 rings (SSSR count). The van der Waals surface area contributed by atoms with Gasteiger partial charge in [-0.2, -0.15) is 0 Å². The lowest BCUT2D eigenvalue weighted by Crippen LogP contribution is -2.82. The van der Waals surface area contributed by atoms with Crippen LogP contribution in [-0.4, -0.2) is 109 Å². The van der Waals surface area contributed by atoms with Crippen LogP contribution in [0.5, 0.6) is 0 Å². The lowest BCUT2D eigenvalue weighted by atomic mass is 9.44. The number of carbonyl (C=O) groups is 6. The minimum Gasteiger partial charge on any atom is -0.456 e. The van der Waals surface area contributed by atoms with Crippen molar-refractivity contribution < 1.29 is 67.1 Å². The Balaban J connectivity index is 1.44. The van der Waals surface area contributed by atoms with Gasteiger partial charge < -0.3 is 43.6 Å². The summed E-state index contributed by atoms with van der Waals surface area (Å²) in [5.41, 5.74) is -6.44. The molecule has 0 spiro atoms. The third-order valence-corrected chi connectivity index (χ3v) is 20.4. The summed E-state index contributed by atoms with van der Waals surface area (Å²) in [4.78, 5) is 85.9. The molecule has 3 aliphatic carbocycles. The summed E-state index contributed by atoms with van der Waals surface area (Å²) in [6, 6.07) is 25.5. The number of amides is 1. The maximum atomic E-state index is 16.3. The standard InChI is InChI=1S/C53H65NO14Si/c1-10-69(11-2,12-3)68-38-28-39-52(30-63-39,67-33(6)56)44-46(66-48(60)36-26-20-15-21-27-36)53(62)29-37(31(4)40(50(53,7)8)43(64-32(5)55)45(58)51(38,44)9)65-49(61)42(57)41(34-22-16-13-17-23-34)54-47(59)35-24-18-14-19-25-35/h13-27,37-39,41-44,46,57,62H,10-12,28-30H2,1-9H3,(H,54,59). The maximum Gasteiger partial charge on any atom is 0.338 e. The molecule has 16 heteroatoms. The number of carbonyl (C=O) groups excluding carboxylic acids is 6. The zero-order valence-corrected chi connectivity index (χ0v) is 41.8. The lowest BCUT2D eigenvalue weighted by molar-refractivity contribution is -0.344. The minimum absolute atomic E-state index is 0.0777. The average Bonchev–Trinajstić information content (AvgIpc) is 3.33. The fourth-order valence-electron chi connectivity index (χ4n) is 11.6. The van der Waals surface area contributed by atoms with Crippen LogP contribution in [0.1, 0.15) is 107 Å². The summed E-state index contributed by atoms with van der Waals surface area (Å²) < 4.78 is 38.9. The highest BCUT2D eigenvalue weighted by atomic mass is 28.4. The van der Waals surface area contributed by atoms with Crippen molar-refractivity contribution in [3.63, 3.8) is 0 Å². The largest absolute Gasteiger partial charge is 0.456 e. The SMILES string of the molecule is CC[Si](CC)(CC)OC1CC2OCC2(OC(C)=O)C2C(OC(=O)c3ccccc3)C3(O)CC(OC(=O)C(O)C(NC(=O)c4ccccc4)c4ccccc4)C(C)=C(C(OC(C)=O)C(=O)C12C)C3(C)C. The number of rotatable bonds is 15. The van der Waals surface area contributed by atoms with Crippen LogP contribution < -0.4 is 5.32 Å². The van der Waals surface area contributed by atoms with Crippen LogP contribution in [0.15, 0.2) is 102 Å². The molecule has 3 aromatic rings. The van der Waals surface area contributed by atoms with Crippen molar-refractivity contribution >= 4 is 43.9 Å². The van der Waals surface area contributed by atoms with Gasteiger partial charge in [0.05, 0.1) is 35.6 Å². The Bertz CT molecular complexity index is 2450. The van der Waals surface area contributed by atoms with E-state index in [2.05, 4.69) is 5.32 Å². The molecule has 0 aromatic heterocycles. The Kier molecular flexibility index (Phi) is 14.7. The van der Waals surface area contributed by atoms with Crippen LogP contribution in [0.3, 0.4) is 0 Å². The fraction of sp³-hybridized carbons (Fsp3) is 0.509. The molecular weight excluding hydrogens is 903 g/mol. The van der Waals surface area contributed by atoms with Crippen LogP contribution >= 0.6 is 0 Å². The second-order valence-corrected chi connectivity index (χ2v) is 24.4. The van der Waals surface area contributed by atoms with Gasteiger partial charge in [-0.15, -0.1) is 0 Å². The van der Waals surface area contributed by atoms with E-state index >= 15 is 4.79 Å². The Labute approximate surface area is 404 Å². The van der Waals surface area contributed by atoms with Gasteiger partial charge in [0.2, 0.25) is 0 Å². The predicted octanol–water partition coefficient (Wildman–Crippen LogP) is 6.77. The van der Waals surface area contributed by atoms with E-state index in [0.29, 0.717) is 23.7 Å². The van der Waals surface area contributed by atoms with Gasteiger partial charge in [0.1, 0.15) is 23.9 Å². The third-order valence-electron chi connectivity index (χ3n) is 15.8. The van der Waals surface area contributed by atoms with E-state index < -0.39 is 121 Å². The van der Waals surface area contributed by atoms with Crippen molar-refractivity contribution in [2.75, 3.05) is 6.61 Å². The molecule has 3 N–H and O–H groups in total. The number of nitrogens with one attached hydrogen (secondary N) is 1. The fourth-order valence-corrected chi connectivity index (χ4v) is 14.6. The molecule has 2 saturated carbocycles. The van der Waals surface area contributed by atoms with E-state index in [4.69, 9.17) is 28.1 Å². The van der Waals surface area contributed by atoms with Gasteiger partial charge in [-0.05, 0) is 73.0 Å². The van der Waals surface area contributed by atoms with E-state index in [1.807, 2.05) is 20.8 Å². The van der Waals surface area contributed by atoms with Crippen molar-refractivity contribution in [2.24, 2.45) is 16.7 Å². The second kappa shape index (κ2) is 19.7. The van der Waals surface area contributed by atoms with Gasteiger partial charge in [0.25, 0.3) is 5.91 Å². The van der Waals surface area contributed by atoms with Crippen LogP contribution in [0.4, 0.5) is 0 Å². The number of fused-ring (bicyclic) bond motifs is 5. The van der Waals surface area contributed by atoms with Gasteiger partial charge in [-0.25, -0.2) is 9.59 Å². The zero-order valence-electron chi connectivity index (χ0n) is 40.8. The van der Waals surface area contributed by atoms with E-state index in [1.165, 1.54) is 19.1 Å². The Morgan fingerprint density at radius 3 is 1.90 bits per heavy atom. The van der Waals surface area contributed by atoms with Gasteiger partial charge in [-0.1, -0.05) is 101 Å². The van der Waals surface area contributed by atoms with Crippen molar-refractivity contribution in [2.45, 2.75) is 147 Å². The van der Waals surface area contributed by atoms with Crippen LogP contribution in [-0.2, 0) is 47.3 Å². The Hall–Kier alpha value is -5.52. The van der Waals surface area contributed by atoms with Crippen molar-refractivity contribution in [3.05, 3.63) is 119 Å². The van der Waals surface area contributed by atoms with E-state index in [9.17, 15) is 34.2 Å². The molecule has 15 nitrogen and oxygen atoms in total. The molecule has 0 radical (unpaired) electrons. The molecule has 11 atom stereocenters. The number of hydrogen-bond acceptors (Lipinski definition) is 14. The normalized spacial score (nSPS) is 30.1. The number of aliphatic hydroxyl groups excluding tert-OH is 1. The summed E-state index contributed by atoms with van der Waals surface area (Å²) >= 11 is 0. The summed E-state index contributed by atoms with van der Waals surface area (Å²) in [6.07, 6.45) is -9.27. The summed E-state index contributed by atoms with van der Waals surface area (Å²) in [6.45, 7) is 14.8. The Morgan fingerprint density at radius 1 is 0.812 bits per heavy atom. The van der Waals surface area contributed by atoms with E-state index in [-0.39, 0.29) is 35.3 Å². The molecule has 1 heterocycles. The first kappa shape index (κ1) is 51.3. The molecule has 3 fully saturated rings. The number of benzene rings is 3.